The van der Waals surface area contributed by atoms with Gasteiger partial charge in [-0.05, 0) is 0 Å². The molecule has 0 unspecified atom stereocenters. The van der Waals surface area contributed by atoms with Gasteiger partial charge in [0.1, 0.15) is 5.03 Å². The van der Waals surface area contributed by atoms with E-state index in [4.69, 9.17) is 23.2 Å². The average molecular weight is 155 g/mol. The number of hydrogen-bond acceptors (Lipinski definition) is 2. The Kier molecular flexibility index (Phi) is 3.65. The molecule has 0 atom stereocenters. The molecule has 0 radical (unpaired) electrons. The van der Waals surface area contributed by atoms with Crippen LogP contribution in [0.15, 0.2) is 10.6 Å². The van der Waals surface area contributed by atoms with Crippen molar-refractivity contribution in [2.75, 3.05) is 7.11 Å². The molecule has 0 aliphatic heterocycles. The van der Waals surface area contributed by atoms with E-state index in [9.17, 15) is 4.79 Å². The molecule has 0 heterocycles. The Balaban J connectivity index is 3.83. The highest BCUT2D eigenvalue weighted by atomic mass is 35.5. The Labute approximate surface area is 57.0 Å². The molecule has 8 heavy (non-hydrogen) atoms. The van der Waals surface area contributed by atoms with Gasteiger partial charge in [0.2, 0.25) is 0 Å². The summed E-state index contributed by atoms with van der Waals surface area (Å²) >= 11 is 10.2. The van der Waals surface area contributed by atoms with Crippen LogP contribution in [0.5, 0.6) is 0 Å². The van der Waals surface area contributed by atoms with Crippen molar-refractivity contribution in [3.63, 3.8) is 0 Å². The lowest BCUT2D eigenvalue weighted by atomic mass is 10.6. The molecule has 0 rings (SSSR count). The van der Waals surface area contributed by atoms with Crippen LogP contribution < -0.4 is 0 Å². The summed E-state index contributed by atoms with van der Waals surface area (Å²) in [7, 11) is 1.23. The fourth-order valence-corrected chi connectivity index (χ4v) is 0.308. The largest absolute Gasteiger partial charge is 0.465 e. The lowest BCUT2D eigenvalue weighted by molar-refractivity contribution is -0.135. The second kappa shape index (κ2) is 3.75. The Bertz CT molecular complexity index is 119. The predicted octanol–water partition coefficient (Wildman–Crippen LogP) is 1.48. The zero-order valence-corrected chi connectivity index (χ0v) is 5.66. The molecule has 0 N–H and O–H groups in total. The topological polar surface area (TPSA) is 26.3 Å². The number of carbonyl (C=O) groups excluding carboxylic acids is 1. The standard InChI is InChI=1S/C4H4Cl2O2/c1-8-4(7)3(6)2-5/h2H,1H3/b3-2+. The molecule has 0 aromatic heterocycles. The van der Waals surface area contributed by atoms with Crippen LogP contribution in [0.25, 0.3) is 0 Å². The van der Waals surface area contributed by atoms with E-state index in [2.05, 4.69) is 4.74 Å². The van der Waals surface area contributed by atoms with Crippen molar-refractivity contribution < 1.29 is 9.53 Å². The van der Waals surface area contributed by atoms with Crippen molar-refractivity contribution in [2.45, 2.75) is 0 Å². The Morgan fingerprint density at radius 2 is 2.25 bits per heavy atom. The Morgan fingerprint density at radius 1 is 1.75 bits per heavy atom. The molecule has 0 bridgehead atoms. The highest BCUT2D eigenvalue weighted by molar-refractivity contribution is 6.45. The van der Waals surface area contributed by atoms with Crippen molar-refractivity contribution in [1.29, 1.82) is 0 Å². The van der Waals surface area contributed by atoms with Gasteiger partial charge in [0.05, 0.1) is 7.11 Å². The number of methoxy groups -OCH3 is 1. The Morgan fingerprint density at radius 3 is 2.38 bits per heavy atom. The highest BCUT2D eigenvalue weighted by Gasteiger charge is 2.02. The van der Waals surface area contributed by atoms with E-state index >= 15 is 0 Å². The second-order valence-corrected chi connectivity index (χ2v) is 1.57. The summed E-state index contributed by atoms with van der Waals surface area (Å²) in [4.78, 5) is 10.2. The molecule has 0 aliphatic rings. The van der Waals surface area contributed by atoms with E-state index in [1.54, 1.807) is 0 Å². The number of ether oxygens (including phenoxy) is 1. The smallest absolute Gasteiger partial charge is 0.350 e. The number of rotatable bonds is 1. The summed E-state index contributed by atoms with van der Waals surface area (Å²) in [6.07, 6.45) is 0. The van der Waals surface area contributed by atoms with Gasteiger partial charge in [-0.25, -0.2) is 4.79 Å². The van der Waals surface area contributed by atoms with Crippen molar-refractivity contribution in [3.8, 4) is 0 Å². The van der Waals surface area contributed by atoms with E-state index in [-0.39, 0.29) is 5.03 Å². The van der Waals surface area contributed by atoms with E-state index in [1.807, 2.05) is 0 Å². The van der Waals surface area contributed by atoms with Crippen LogP contribution in [0, 0.1) is 0 Å². The fourth-order valence-electron chi connectivity index (χ4n) is 0.142. The molecule has 4 heteroatoms. The lowest BCUT2D eigenvalue weighted by Gasteiger charge is -1.90. The minimum absolute atomic E-state index is 0.117. The third-order valence-electron chi connectivity index (χ3n) is 0.476. The SMILES string of the molecule is COC(=O)/C(Cl)=C\Cl. The van der Waals surface area contributed by atoms with Gasteiger partial charge in [0, 0.05) is 5.54 Å². The van der Waals surface area contributed by atoms with Gasteiger partial charge in [-0.1, -0.05) is 23.2 Å². The maximum absolute atomic E-state index is 10.2. The van der Waals surface area contributed by atoms with Gasteiger partial charge >= 0.3 is 5.97 Å². The first-order valence-electron chi connectivity index (χ1n) is 1.76. The van der Waals surface area contributed by atoms with Crippen LogP contribution in [0.3, 0.4) is 0 Å². The van der Waals surface area contributed by atoms with Crippen LogP contribution in [0.4, 0.5) is 0 Å². The number of hydrogen-bond donors (Lipinski definition) is 0. The molecule has 0 fully saturated rings. The molecule has 46 valence electrons. The summed E-state index contributed by atoms with van der Waals surface area (Å²) in [6.45, 7) is 0. The maximum atomic E-state index is 10.2. The van der Waals surface area contributed by atoms with Gasteiger partial charge in [0.15, 0.2) is 0 Å². The first-order chi connectivity index (χ1) is 3.72. The van der Waals surface area contributed by atoms with Gasteiger partial charge in [-0.3, -0.25) is 0 Å². The minimum Gasteiger partial charge on any atom is -0.465 e. The summed E-state index contributed by atoms with van der Waals surface area (Å²) in [5.74, 6) is -0.623. The summed E-state index contributed by atoms with van der Waals surface area (Å²) in [5.41, 5.74) is 0.952. The molecular weight excluding hydrogens is 151 g/mol. The normalized spacial score (nSPS) is 11.1. The van der Waals surface area contributed by atoms with Crippen LogP contribution in [-0.4, -0.2) is 13.1 Å². The van der Waals surface area contributed by atoms with E-state index in [0.29, 0.717) is 0 Å². The van der Waals surface area contributed by atoms with Gasteiger partial charge in [0.25, 0.3) is 0 Å². The lowest BCUT2D eigenvalue weighted by Crippen LogP contribution is -1.98. The predicted molar refractivity (Wildman–Crippen MR) is 31.8 cm³/mol. The molecule has 0 aliphatic carbocycles. The highest BCUT2D eigenvalue weighted by Crippen LogP contribution is 2.03. The van der Waals surface area contributed by atoms with Crippen molar-refractivity contribution in [3.05, 3.63) is 10.6 Å². The quantitative estimate of drug-likeness (QED) is 0.423. The minimum atomic E-state index is -0.623. The first kappa shape index (κ1) is 7.79. The second-order valence-electron chi connectivity index (χ2n) is 0.949. The average Bonchev–Trinajstić information content (AvgIpc) is 1.84. The molecular formula is C4H4Cl2O2. The van der Waals surface area contributed by atoms with E-state index in [1.165, 1.54) is 7.11 Å². The zero-order valence-electron chi connectivity index (χ0n) is 4.15. The zero-order chi connectivity index (χ0) is 6.57. The molecule has 0 spiro atoms. The number of carbonyl (C=O) groups is 1. The molecule has 0 saturated carbocycles. The van der Waals surface area contributed by atoms with Crippen molar-refractivity contribution in [2.24, 2.45) is 0 Å². The number of esters is 1. The van der Waals surface area contributed by atoms with Crippen molar-refractivity contribution in [1.82, 2.24) is 0 Å². The number of halogens is 2. The van der Waals surface area contributed by atoms with E-state index < -0.39 is 5.97 Å². The molecule has 0 aromatic rings. The van der Waals surface area contributed by atoms with Crippen LogP contribution in [-0.2, 0) is 9.53 Å². The van der Waals surface area contributed by atoms with E-state index in [0.717, 1.165) is 5.54 Å². The third-order valence-corrected chi connectivity index (χ3v) is 1.07. The first-order valence-corrected chi connectivity index (χ1v) is 2.58. The summed E-state index contributed by atoms with van der Waals surface area (Å²) in [6, 6.07) is 0. The molecule has 2 nitrogen and oxygen atoms in total. The van der Waals surface area contributed by atoms with Crippen molar-refractivity contribution >= 4 is 29.2 Å². The van der Waals surface area contributed by atoms with Crippen LogP contribution in [0.1, 0.15) is 0 Å². The van der Waals surface area contributed by atoms with Gasteiger partial charge < -0.3 is 4.74 Å². The summed E-state index contributed by atoms with van der Waals surface area (Å²) < 4.78 is 4.18. The molecule has 0 aromatic carbocycles. The maximum Gasteiger partial charge on any atom is 0.350 e. The van der Waals surface area contributed by atoms with Gasteiger partial charge in [-0.15, -0.1) is 0 Å². The molecule has 0 saturated heterocycles. The van der Waals surface area contributed by atoms with Crippen LogP contribution >= 0.6 is 23.2 Å². The monoisotopic (exact) mass is 154 g/mol. The van der Waals surface area contributed by atoms with Crippen LogP contribution in [0.2, 0.25) is 0 Å². The molecule has 0 amide bonds. The Hall–Kier alpha value is -0.210. The third kappa shape index (κ3) is 2.19. The van der Waals surface area contributed by atoms with Gasteiger partial charge in [-0.2, -0.15) is 0 Å². The fraction of sp³-hybridized carbons (Fsp3) is 0.250. The summed E-state index contributed by atoms with van der Waals surface area (Å²) in [5, 5.41) is -0.117.